The minimum atomic E-state index is -0.683. The van der Waals surface area contributed by atoms with Crippen molar-refractivity contribution < 1.29 is 0 Å². The number of benzene rings is 5. The number of nitrogens with zero attached hydrogens (tertiary/aromatic N) is 3. The Balaban J connectivity index is 1.56. The molecule has 0 radical (unpaired) electrons. The first kappa shape index (κ1) is 23.6. The molecule has 5 aromatic rings. The zero-order valence-electron chi connectivity index (χ0n) is 21.3. The average molecular weight is 527 g/mol. The lowest BCUT2D eigenvalue weighted by Gasteiger charge is -2.45. The van der Waals surface area contributed by atoms with Gasteiger partial charge in [0.05, 0.1) is 23.1 Å². The molecule has 2 heterocycles. The van der Waals surface area contributed by atoms with Gasteiger partial charge in [0.15, 0.2) is 11.5 Å². The third kappa shape index (κ3) is 3.87. The van der Waals surface area contributed by atoms with Crippen LogP contribution in [0.5, 0.6) is 0 Å². The molecular weight excluding hydrogens is 500 g/mol. The zero-order valence-corrected chi connectivity index (χ0v) is 22.0. The number of rotatable bonds is 4. The van der Waals surface area contributed by atoms with Crippen molar-refractivity contribution in [3.63, 3.8) is 0 Å². The smallest absolute Gasteiger partial charge is 0.168 e. The predicted octanol–water partition coefficient (Wildman–Crippen LogP) is 8.44. The van der Waals surface area contributed by atoms with Crippen molar-refractivity contribution in [1.29, 1.82) is 0 Å². The standard InChI is InChI=1S/C34H27ClN4/c35-29-21-11-10-20-28(29)31-24-34(26-16-6-2-7-17-26)38(32-23-13-12-22-30(32)36-31)33(25-14-4-1-5-15-25)37-39(34)27-18-8-3-9-19-27/h1-23,31,36H,24H2. The summed E-state index contributed by atoms with van der Waals surface area (Å²) in [7, 11) is 0. The fourth-order valence-electron chi connectivity index (χ4n) is 5.93. The molecule has 2 unspecified atom stereocenters. The van der Waals surface area contributed by atoms with E-state index in [4.69, 9.17) is 16.7 Å². The Hall–Kier alpha value is -4.54. The van der Waals surface area contributed by atoms with E-state index in [0.29, 0.717) is 6.42 Å². The third-order valence-electron chi connectivity index (χ3n) is 7.64. The maximum Gasteiger partial charge on any atom is 0.168 e. The van der Waals surface area contributed by atoms with E-state index in [2.05, 4.69) is 130 Å². The van der Waals surface area contributed by atoms with Gasteiger partial charge in [-0.05, 0) is 35.9 Å². The van der Waals surface area contributed by atoms with Crippen LogP contribution in [-0.2, 0) is 5.66 Å². The summed E-state index contributed by atoms with van der Waals surface area (Å²) in [6.45, 7) is 0. The van der Waals surface area contributed by atoms with Crippen molar-refractivity contribution in [3.8, 4) is 0 Å². The van der Waals surface area contributed by atoms with Crippen molar-refractivity contribution >= 4 is 34.5 Å². The molecule has 5 aromatic carbocycles. The lowest BCUT2D eigenvalue weighted by Crippen LogP contribution is -2.54. The van der Waals surface area contributed by atoms with Gasteiger partial charge >= 0.3 is 0 Å². The number of hydrogen-bond acceptors (Lipinski definition) is 4. The van der Waals surface area contributed by atoms with Gasteiger partial charge in [0, 0.05) is 22.6 Å². The average Bonchev–Trinajstić information content (AvgIpc) is 3.26. The van der Waals surface area contributed by atoms with E-state index in [1.165, 1.54) is 0 Å². The molecule has 0 aromatic heterocycles. The minimum Gasteiger partial charge on any atom is -0.376 e. The van der Waals surface area contributed by atoms with E-state index >= 15 is 0 Å². The van der Waals surface area contributed by atoms with E-state index in [1.807, 2.05) is 24.3 Å². The fourth-order valence-corrected chi connectivity index (χ4v) is 6.20. The number of fused-ring (bicyclic) bond motifs is 3. The Labute approximate surface area is 233 Å². The van der Waals surface area contributed by atoms with Crippen molar-refractivity contribution in [2.75, 3.05) is 15.2 Å². The maximum atomic E-state index is 6.85. The summed E-state index contributed by atoms with van der Waals surface area (Å²) < 4.78 is 0. The Kier molecular flexibility index (Phi) is 5.83. The molecule has 0 fully saturated rings. The van der Waals surface area contributed by atoms with E-state index in [0.717, 1.165) is 44.6 Å². The number of nitrogens with one attached hydrogen (secondary N) is 1. The van der Waals surface area contributed by atoms with Gasteiger partial charge in [0.2, 0.25) is 0 Å². The molecule has 0 saturated heterocycles. The van der Waals surface area contributed by atoms with Gasteiger partial charge in [-0.25, -0.2) is 5.01 Å². The molecule has 4 nitrogen and oxygen atoms in total. The van der Waals surface area contributed by atoms with Gasteiger partial charge in [0.25, 0.3) is 0 Å². The highest BCUT2D eigenvalue weighted by Gasteiger charge is 2.55. The summed E-state index contributed by atoms with van der Waals surface area (Å²) in [5.74, 6) is 0.900. The summed E-state index contributed by atoms with van der Waals surface area (Å²) >= 11 is 6.85. The molecule has 0 aliphatic carbocycles. The molecule has 7 rings (SSSR count). The topological polar surface area (TPSA) is 30.9 Å². The number of hydrogen-bond donors (Lipinski definition) is 1. The fraction of sp³-hybridized carbons (Fsp3) is 0.0882. The SMILES string of the molecule is Clc1ccccc1C1CC2(c3ccccc3)N(c3ccccc3)N=C(c3ccccc3)N2c2ccccc2N1. The number of amidine groups is 1. The van der Waals surface area contributed by atoms with Crippen LogP contribution in [0.15, 0.2) is 145 Å². The Bertz CT molecular complexity index is 1640. The minimum absolute atomic E-state index is 0.0819. The molecule has 2 atom stereocenters. The van der Waals surface area contributed by atoms with Crippen LogP contribution in [-0.4, -0.2) is 5.84 Å². The normalized spacial score (nSPS) is 19.9. The number of anilines is 3. The van der Waals surface area contributed by atoms with Crippen molar-refractivity contribution in [2.45, 2.75) is 18.1 Å². The second kappa shape index (κ2) is 9.64. The van der Waals surface area contributed by atoms with Crippen molar-refractivity contribution in [2.24, 2.45) is 5.10 Å². The van der Waals surface area contributed by atoms with Gasteiger partial charge in [-0.1, -0.05) is 121 Å². The first-order chi connectivity index (χ1) is 19.3. The molecular formula is C34H27ClN4. The van der Waals surface area contributed by atoms with Gasteiger partial charge < -0.3 is 5.32 Å². The second-order valence-corrected chi connectivity index (χ2v) is 10.3. The van der Waals surface area contributed by atoms with Crippen LogP contribution < -0.4 is 15.2 Å². The predicted molar refractivity (Wildman–Crippen MR) is 161 cm³/mol. The highest BCUT2D eigenvalue weighted by atomic mass is 35.5. The monoisotopic (exact) mass is 526 g/mol. The molecule has 0 amide bonds. The number of para-hydroxylation sites is 3. The maximum absolute atomic E-state index is 6.85. The number of hydrazone groups is 1. The van der Waals surface area contributed by atoms with Crippen LogP contribution in [0.2, 0.25) is 5.02 Å². The van der Waals surface area contributed by atoms with E-state index in [1.54, 1.807) is 0 Å². The molecule has 0 spiro atoms. The summed E-state index contributed by atoms with van der Waals surface area (Å²) in [6, 6.07) is 48.2. The third-order valence-corrected chi connectivity index (χ3v) is 7.98. The van der Waals surface area contributed by atoms with E-state index in [9.17, 15) is 0 Å². The highest BCUT2D eigenvalue weighted by Crippen LogP contribution is 2.54. The summed E-state index contributed by atoms with van der Waals surface area (Å²) in [5, 5.41) is 12.3. The molecule has 5 heteroatoms. The Morgan fingerprint density at radius 2 is 1.31 bits per heavy atom. The summed E-state index contributed by atoms with van der Waals surface area (Å²) in [5.41, 5.74) is 5.72. The largest absolute Gasteiger partial charge is 0.376 e. The van der Waals surface area contributed by atoms with Crippen LogP contribution in [0, 0.1) is 0 Å². The quantitative estimate of drug-likeness (QED) is 0.255. The van der Waals surface area contributed by atoms with Crippen LogP contribution in [0.1, 0.15) is 29.2 Å². The molecule has 0 bridgehead atoms. The van der Waals surface area contributed by atoms with Crippen LogP contribution in [0.4, 0.5) is 17.1 Å². The zero-order chi connectivity index (χ0) is 26.2. The van der Waals surface area contributed by atoms with Gasteiger partial charge in [-0.2, -0.15) is 5.10 Å². The van der Waals surface area contributed by atoms with Gasteiger partial charge in [0.1, 0.15) is 0 Å². The number of halogens is 1. The van der Waals surface area contributed by atoms with Crippen molar-refractivity contribution in [3.05, 3.63) is 161 Å². The van der Waals surface area contributed by atoms with Crippen molar-refractivity contribution in [1.82, 2.24) is 0 Å². The van der Waals surface area contributed by atoms with Crippen LogP contribution >= 0.6 is 11.6 Å². The van der Waals surface area contributed by atoms with Gasteiger partial charge in [-0.3, -0.25) is 4.90 Å². The summed E-state index contributed by atoms with van der Waals surface area (Å²) in [4.78, 5) is 2.42. The molecule has 39 heavy (non-hydrogen) atoms. The highest BCUT2D eigenvalue weighted by molar-refractivity contribution is 6.31. The first-order valence-corrected chi connectivity index (χ1v) is 13.6. The Morgan fingerprint density at radius 1 is 0.692 bits per heavy atom. The molecule has 2 aliphatic rings. The summed E-state index contributed by atoms with van der Waals surface area (Å²) in [6.07, 6.45) is 0.685. The molecule has 2 aliphatic heterocycles. The molecule has 1 N–H and O–H groups in total. The molecule has 0 saturated carbocycles. The van der Waals surface area contributed by atoms with Crippen LogP contribution in [0.25, 0.3) is 0 Å². The second-order valence-electron chi connectivity index (χ2n) is 9.89. The van der Waals surface area contributed by atoms with E-state index in [-0.39, 0.29) is 6.04 Å². The lowest BCUT2D eigenvalue weighted by molar-refractivity contribution is 0.389. The first-order valence-electron chi connectivity index (χ1n) is 13.2. The Morgan fingerprint density at radius 3 is 2.05 bits per heavy atom. The van der Waals surface area contributed by atoms with Gasteiger partial charge in [-0.15, -0.1) is 0 Å². The van der Waals surface area contributed by atoms with Crippen LogP contribution in [0.3, 0.4) is 0 Å². The molecule has 190 valence electrons. The lowest BCUT2D eigenvalue weighted by atomic mass is 9.86. The van der Waals surface area contributed by atoms with E-state index < -0.39 is 5.66 Å².